The Morgan fingerprint density at radius 1 is 1.21 bits per heavy atom. The zero-order valence-corrected chi connectivity index (χ0v) is 11.5. The first-order chi connectivity index (χ1) is 9.11. The van der Waals surface area contributed by atoms with E-state index in [2.05, 4.69) is 5.32 Å². The molecule has 2 nitrogen and oxygen atoms in total. The highest BCUT2D eigenvalue weighted by Crippen LogP contribution is 2.30. The van der Waals surface area contributed by atoms with Gasteiger partial charge in [0, 0.05) is 11.1 Å². The Bertz CT molecular complexity index is 574. The Morgan fingerprint density at radius 2 is 1.95 bits per heavy atom. The lowest BCUT2D eigenvalue weighted by Crippen LogP contribution is -2.12. The molecule has 4 heteroatoms. The Morgan fingerprint density at radius 3 is 2.58 bits per heavy atom. The van der Waals surface area contributed by atoms with Crippen LogP contribution in [0.1, 0.15) is 18.5 Å². The van der Waals surface area contributed by atoms with Crippen LogP contribution < -0.4 is 10.1 Å². The summed E-state index contributed by atoms with van der Waals surface area (Å²) in [6.45, 7) is 2.01. The van der Waals surface area contributed by atoms with Crippen LogP contribution in [-0.2, 0) is 0 Å². The summed E-state index contributed by atoms with van der Waals surface area (Å²) in [5.74, 6) is 0.307. The molecular weight excluding hydrogens is 265 g/mol. The van der Waals surface area contributed by atoms with E-state index < -0.39 is 5.82 Å². The van der Waals surface area contributed by atoms with Crippen LogP contribution in [-0.4, -0.2) is 7.05 Å². The number of benzene rings is 2. The minimum Gasteiger partial charge on any atom is -0.454 e. The molecule has 1 unspecified atom stereocenters. The summed E-state index contributed by atoms with van der Waals surface area (Å²) in [4.78, 5) is 0. The Balaban J connectivity index is 2.24. The largest absolute Gasteiger partial charge is 0.454 e. The van der Waals surface area contributed by atoms with Gasteiger partial charge in [0.15, 0.2) is 11.6 Å². The molecule has 0 saturated carbocycles. The number of nitrogens with one attached hydrogen (secondary N) is 1. The second-order valence-corrected chi connectivity index (χ2v) is 4.63. The molecular formula is C15H15ClFNO. The molecule has 0 aliphatic heterocycles. The Kier molecular flexibility index (Phi) is 4.40. The molecule has 0 fully saturated rings. The molecule has 0 saturated heterocycles. The number of hydrogen-bond acceptors (Lipinski definition) is 2. The molecule has 2 rings (SSSR count). The maximum Gasteiger partial charge on any atom is 0.165 e. The smallest absolute Gasteiger partial charge is 0.165 e. The van der Waals surface area contributed by atoms with Gasteiger partial charge in [-0.2, -0.15) is 0 Å². The standard InChI is InChI=1S/C15H15ClFNO/c1-10(18-2)12-8-7-11(9-13(12)16)19-15-6-4-3-5-14(15)17/h3-10,18H,1-2H3. The second kappa shape index (κ2) is 6.04. The van der Waals surface area contributed by atoms with Gasteiger partial charge in [0.25, 0.3) is 0 Å². The van der Waals surface area contributed by atoms with Crippen LogP contribution in [0.4, 0.5) is 4.39 Å². The first kappa shape index (κ1) is 13.8. The maximum absolute atomic E-state index is 13.5. The fourth-order valence-corrected chi connectivity index (χ4v) is 2.07. The van der Waals surface area contributed by atoms with E-state index in [-0.39, 0.29) is 11.8 Å². The normalized spacial score (nSPS) is 12.2. The predicted octanol–water partition coefficient (Wildman–Crippen LogP) is 4.55. The average molecular weight is 280 g/mol. The molecule has 100 valence electrons. The zero-order chi connectivity index (χ0) is 13.8. The van der Waals surface area contributed by atoms with Crippen LogP contribution >= 0.6 is 11.6 Å². The third-order valence-electron chi connectivity index (χ3n) is 2.94. The van der Waals surface area contributed by atoms with Crippen LogP contribution in [0.15, 0.2) is 42.5 Å². The van der Waals surface area contributed by atoms with E-state index in [1.54, 1.807) is 30.3 Å². The van der Waals surface area contributed by atoms with Gasteiger partial charge >= 0.3 is 0 Å². The molecule has 0 aliphatic carbocycles. The summed E-state index contributed by atoms with van der Waals surface area (Å²) in [6, 6.07) is 11.8. The monoisotopic (exact) mass is 279 g/mol. The maximum atomic E-state index is 13.5. The van der Waals surface area contributed by atoms with E-state index in [0.717, 1.165) is 5.56 Å². The molecule has 0 amide bonds. The molecule has 0 aliphatic rings. The van der Waals surface area contributed by atoms with Crippen LogP contribution in [0.25, 0.3) is 0 Å². The number of rotatable bonds is 4. The van der Waals surface area contributed by atoms with Gasteiger partial charge in [0.1, 0.15) is 5.75 Å². The molecule has 2 aromatic rings. The quantitative estimate of drug-likeness (QED) is 0.886. The minimum absolute atomic E-state index is 0.148. The predicted molar refractivity (Wildman–Crippen MR) is 75.4 cm³/mol. The van der Waals surface area contributed by atoms with Gasteiger partial charge in [-0.15, -0.1) is 0 Å². The van der Waals surface area contributed by atoms with Crippen molar-refractivity contribution in [2.75, 3.05) is 7.05 Å². The zero-order valence-electron chi connectivity index (χ0n) is 10.8. The third-order valence-corrected chi connectivity index (χ3v) is 3.26. The molecule has 0 spiro atoms. The summed E-state index contributed by atoms with van der Waals surface area (Å²) >= 11 is 6.20. The van der Waals surface area contributed by atoms with Crippen molar-refractivity contribution < 1.29 is 9.13 Å². The lowest BCUT2D eigenvalue weighted by molar-refractivity contribution is 0.442. The van der Waals surface area contributed by atoms with Crippen molar-refractivity contribution in [3.05, 3.63) is 58.9 Å². The lowest BCUT2D eigenvalue weighted by atomic mass is 10.1. The van der Waals surface area contributed by atoms with Gasteiger partial charge in [-0.3, -0.25) is 0 Å². The van der Waals surface area contributed by atoms with Gasteiger partial charge in [0.05, 0.1) is 0 Å². The highest BCUT2D eigenvalue weighted by molar-refractivity contribution is 6.31. The molecule has 2 aromatic carbocycles. The van der Waals surface area contributed by atoms with Crippen LogP contribution in [0, 0.1) is 5.82 Å². The van der Waals surface area contributed by atoms with E-state index in [1.165, 1.54) is 6.07 Å². The summed E-state index contributed by atoms with van der Waals surface area (Å²) in [6.07, 6.45) is 0. The van der Waals surface area contributed by atoms with Crippen molar-refractivity contribution in [2.24, 2.45) is 0 Å². The molecule has 0 radical (unpaired) electrons. The molecule has 1 N–H and O–H groups in total. The molecule has 19 heavy (non-hydrogen) atoms. The highest BCUT2D eigenvalue weighted by Gasteiger charge is 2.10. The first-order valence-corrected chi connectivity index (χ1v) is 6.38. The van der Waals surface area contributed by atoms with Gasteiger partial charge in [-0.25, -0.2) is 4.39 Å². The van der Waals surface area contributed by atoms with Crippen molar-refractivity contribution in [1.82, 2.24) is 5.32 Å². The van der Waals surface area contributed by atoms with Crippen LogP contribution in [0.3, 0.4) is 0 Å². The van der Waals surface area contributed by atoms with E-state index in [9.17, 15) is 4.39 Å². The van der Waals surface area contributed by atoms with Crippen molar-refractivity contribution >= 4 is 11.6 Å². The molecule has 0 aromatic heterocycles. The van der Waals surface area contributed by atoms with Gasteiger partial charge in [-0.1, -0.05) is 29.8 Å². The number of ether oxygens (including phenoxy) is 1. The first-order valence-electron chi connectivity index (χ1n) is 6.01. The second-order valence-electron chi connectivity index (χ2n) is 4.23. The highest BCUT2D eigenvalue weighted by atomic mass is 35.5. The minimum atomic E-state index is -0.397. The van der Waals surface area contributed by atoms with Gasteiger partial charge in [-0.05, 0) is 43.8 Å². The van der Waals surface area contributed by atoms with Crippen molar-refractivity contribution in [2.45, 2.75) is 13.0 Å². The molecule has 0 bridgehead atoms. The van der Waals surface area contributed by atoms with E-state index in [4.69, 9.17) is 16.3 Å². The van der Waals surface area contributed by atoms with Crippen molar-refractivity contribution in [1.29, 1.82) is 0 Å². The topological polar surface area (TPSA) is 21.3 Å². The molecule has 0 heterocycles. The number of para-hydroxylation sites is 1. The fraction of sp³-hybridized carbons (Fsp3) is 0.200. The van der Waals surface area contributed by atoms with Crippen molar-refractivity contribution in [3.63, 3.8) is 0 Å². The number of hydrogen-bond donors (Lipinski definition) is 1. The Labute approximate surface area is 117 Å². The lowest BCUT2D eigenvalue weighted by Gasteiger charge is -2.14. The van der Waals surface area contributed by atoms with E-state index in [1.807, 2.05) is 20.0 Å². The Hall–Kier alpha value is -1.58. The summed E-state index contributed by atoms with van der Waals surface area (Å²) in [5.41, 5.74) is 0.977. The van der Waals surface area contributed by atoms with Gasteiger partial charge in [0.2, 0.25) is 0 Å². The summed E-state index contributed by atoms with van der Waals surface area (Å²) < 4.78 is 18.9. The van der Waals surface area contributed by atoms with E-state index >= 15 is 0 Å². The van der Waals surface area contributed by atoms with Gasteiger partial charge < -0.3 is 10.1 Å². The fourth-order valence-electron chi connectivity index (χ4n) is 1.73. The molecule has 1 atom stereocenters. The third kappa shape index (κ3) is 3.25. The summed E-state index contributed by atoms with van der Waals surface area (Å²) in [7, 11) is 1.87. The SMILES string of the molecule is CNC(C)c1ccc(Oc2ccccc2F)cc1Cl. The van der Waals surface area contributed by atoms with Crippen LogP contribution in [0.2, 0.25) is 5.02 Å². The summed E-state index contributed by atoms with van der Waals surface area (Å²) in [5, 5.41) is 3.71. The van der Waals surface area contributed by atoms with E-state index in [0.29, 0.717) is 10.8 Å². The number of halogens is 2. The van der Waals surface area contributed by atoms with Crippen molar-refractivity contribution in [3.8, 4) is 11.5 Å². The average Bonchev–Trinajstić information content (AvgIpc) is 2.41. The van der Waals surface area contributed by atoms with Crippen LogP contribution in [0.5, 0.6) is 11.5 Å².